The summed E-state index contributed by atoms with van der Waals surface area (Å²) < 4.78 is 0. The Morgan fingerprint density at radius 2 is 2.15 bits per heavy atom. The fourth-order valence-electron chi connectivity index (χ4n) is 1.13. The molecular formula is C10H17N3. The fraction of sp³-hybridized carbons (Fsp3) is 0.500. The van der Waals surface area contributed by atoms with E-state index in [-0.39, 0.29) is 0 Å². The number of hydrogen-bond acceptors (Lipinski definition) is 3. The quantitative estimate of drug-likeness (QED) is 0.675. The number of anilines is 1. The molecule has 1 aromatic heterocycles. The first kappa shape index (κ1) is 9.99. The lowest BCUT2D eigenvalue weighted by atomic mass is 10.2. The van der Waals surface area contributed by atoms with E-state index in [0.717, 1.165) is 25.1 Å². The maximum atomic E-state index is 5.63. The molecule has 1 atom stereocenters. The van der Waals surface area contributed by atoms with Crippen molar-refractivity contribution in [2.75, 3.05) is 11.9 Å². The first-order valence-corrected chi connectivity index (χ1v) is 4.68. The van der Waals surface area contributed by atoms with E-state index in [4.69, 9.17) is 5.73 Å². The Morgan fingerprint density at radius 3 is 2.77 bits per heavy atom. The number of pyridine rings is 1. The van der Waals surface area contributed by atoms with Crippen molar-refractivity contribution in [1.29, 1.82) is 0 Å². The summed E-state index contributed by atoms with van der Waals surface area (Å²) in [6.45, 7) is 3.01. The van der Waals surface area contributed by atoms with E-state index >= 15 is 0 Å². The minimum atomic E-state index is 0.305. The standard InChI is InChI=1S/C10H17N3/c1-9(11)3-2-6-13-10-4-7-12-8-5-10/h4-5,7-9H,2-3,6,11H2,1H3,(H,12,13). The molecule has 0 bridgehead atoms. The lowest BCUT2D eigenvalue weighted by Crippen LogP contribution is -2.16. The Kier molecular flexibility index (Phi) is 4.26. The summed E-state index contributed by atoms with van der Waals surface area (Å²) in [7, 11) is 0. The molecule has 0 radical (unpaired) electrons. The highest BCUT2D eigenvalue weighted by atomic mass is 14.9. The second kappa shape index (κ2) is 5.54. The van der Waals surface area contributed by atoms with Crippen LogP contribution < -0.4 is 11.1 Å². The molecule has 0 aliphatic heterocycles. The van der Waals surface area contributed by atoms with Crippen LogP contribution in [0, 0.1) is 0 Å². The van der Waals surface area contributed by atoms with Crippen molar-refractivity contribution < 1.29 is 0 Å². The minimum absolute atomic E-state index is 0.305. The van der Waals surface area contributed by atoms with E-state index in [1.165, 1.54) is 0 Å². The molecule has 0 spiro atoms. The van der Waals surface area contributed by atoms with Gasteiger partial charge in [0.1, 0.15) is 0 Å². The molecule has 0 saturated heterocycles. The fourth-order valence-corrected chi connectivity index (χ4v) is 1.13. The van der Waals surface area contributed by atoms with E-state index in [0.29, 0.717) is 6.04 Å². The summed E-state index contributed by atoms with van der Waals surface area (Å²) in [6.07, 6.45) is 5.75. The molecule has 1 aromatic rings. The summed E-state index contributed by atoms with van der Waals surface area (Å²) in [5.74, 6) is 0. The van der Waals surface area contributed by atoms with Gasteiger partial charge in [-0.1, -0.05) is 0 Å². The smallest absolute Gasteiger partial charge is 0.0371 e. The second-order valence-corrected chi connectivity index (χ2v) is 3.28. The zero-order valence-corrected chi connectivity index (χ0v) is 8.03. The Hall–Kier alpha value is -1.09. The van der Waals surface area contributed by atoms with Gasteiger partial charge < -0.3 is 11.1 Å². The van der Waals surface area contributed by atoms with Crippen LogP contribution in [0.3, 0.4) is 0 Å². The summed E-state index contributed by atoms with van der Waals surface area (Å²) in [6, 6.07) is 4.23. The van der Waals surface area contributed by atoms with Crippen LogP contribution in [0.1, 0.15) is 19.8 Å². The molecule has 0 aliphatic carbocycles. The third-order valence-corrected chi connectivity index (χ3v) is 1.85. The number of aromatic nitrogens is 1. The van der Waals surface area contributed by atoms with Crippen molar-refractivity contribution >= 4 is 5.69 Å². The molecule has 13 heavy (non-hydrogen) atoms. The molecule has 0 saturated carbocycles. The van der Waals surface area contributed by atoms with Gasteiger partial charge in [-0.2, -0.15) is 0 Å². The third-order valence-electron chi connectivity index (χ3n) is 1.85. The van der Waals surface area contributed by atoms with E-state index in [1.54, 1.807) is 12.4 Å². The van der Waals surface area contributed by atoms with Crippen molar-refractivity contribution in [2.45, 2.75) is 25.8 Å². The zero-order valence-electron chi connectivity index (χ0n) is 8.03. The molecule has 3 nitrogen and oxygen atoms in total. The van der Waals surface area contributed by atoms with Gasteiger partial charge >= 0.3 is 0 Å². The number of nitrogens with one attached hydrogen (secondary N) is 1. The van der Waals surface area contributed by atoms with Crippen molar-refractivity contribution in [1.82, 2.24) is 4.98 Å². The molecule has 1 heterocycles. The summed E-state index contributed by atoms with van der Waals surface area (Å²) in [5.41, 5.74) is 6.76. The van der Waals surface area contributed by atoms with Gasteiger partial charge in [-0.25, -0.2) is 0 Å². The Balaban J connectivity index is 2.13. The topological polar surface area (TPSA) is 50.9 Å². The van der Waals surface area contributed by atoms with E-state index in [2.05, 4.69) is 10.3 Å². The largest absolute Gasteiger partial charge is 0.385 e. The van der Waals surface area contributed by atoms with Gasteiger partial charge in [0.25, 0.3) is 0 Å². The minimum Gasteiger partial charge on any atom is -0.385 e. The van der Waals surface area contributed by atoms with Crippen LogP contribution in [-0.2, 0) is 0 Å². The van der Waals surface area contributed by atoms with Gasteiger partial charge in [-0.3, -0.25) is 4.98 Å². The average molecular weight is 179 g/mol. The molecule has 1 rings (SSSR count). The van der Waals surface area contributed by atoms with Crippen LogP contribution in [-0.4, -0.2) is 17.6 Å². The zero-order chi connectivity index (χ0) is 9.52. The summed E-state index contributed by atoms with van der Waals surface area (Å²) in [5, 5.41) is 3.30. The highest BCUT2D eigenvalue weighted by Gasteiger charge is 1.93. The van der Waals surface area contributed by atoms with E-state index in [9.17, 15) is 0 Å². The molecule has 3 N–H and O–H groups in total. The first-order chi connectivity index (χ1) is 6.29. The molecule has 1 unspecified atom stereocenters. The van der Waals surface area contributed by atoms with Crippen molar-refractivity contribution in [2.24, 2.45) is 5.73 Å². The highest BCUT2D eigenvalue weighted by Crippen LogP contribution is 2.03. The van der Waals surface area contributed by atoms with Crippen LogP contribution in [0.5, 0.6) is 0 Å². The van der Waals surface area contributed by atoms with Crippen LogP contribution in [0.15, 0.2) is 24.5 Å². The third kappa shape index (κ3) is 4.48. The van der Waals surface area contributed by atoms with Crippen molar-refractivity contribution in [3.05, 3.63) is 24.5 Å². The van der Waals surface area contributed by atoms with Crippen molar-refractivity contribution in [3.63, 3.8) is 0 Å². The average Bonchev–Trinajstić information content (AvgIpc) is 2.14. The van der Waals surface area contributed by atoms with Crippen molar-refractivity contribution in [3.8, 4) is 0 Å². The second-order valence-electron chi connectivity index (χ2n) is 3.28. The maximum Gasteiger partial charge on any atom is 0.0371 e. The van der Waals surface area contributed by atoms with Crippen LogP contribution >= 0.6 is 0 Å². The van der Waals surface area contributed by atoms with Crippen LogP contribution in [0.2, 0.25) is 0 Å². The predicted octanol–water partition coefficient (Wildman–Crippen LogP) is 1.62. The SMILES string of the molecule is CC(N)CCCNc1ccncc1. The molecule has 0 fully saturated rings. The maximum absolute atomic E-state index is 5.63. The lowest BCUT2D eigenvalue weighted by molar-refractivity contribution is 0.639. The van der Waals surface area contributed by atoms with E-state index in [1.807, 2.05) is 19.1 Å². The number of nitrogens with zero attached hydrogens (tertiary/aromatic N) is 1. The lowest BCUT2D eigenvalue weighted by Gasteiger charge is -2.07. The molecule has 0 aromatic carbocycles. The molecule has 3 heteroatoms. The Bertz CT molecular complexity index is 221. The molecule has 72 valence electrons. The van der Waals surface area contributed by atoms with Crippen LogP contribution in [0.4, 0.5) is 5.69 Å². The molecule has 0 amide bonds. The highest BCUT2D eigenvalue weighted by molar-refractivity contribution is 5.40. The summed E-state index contributed by atoms with van der Waals surface area (Å²) in [4.78, 5) is 3.94. The normalized spacial score (nSPS) is 12.5. The van der Waals surface area contributed by atoms with Gasteiger partial charge in [0.15, 0.2) is 0 Å². The monoisotopic (exact) mass is 179 g/mol. The molecule has 0 aliphatic rings. The van der Waals surface area contributed by atoms with E-state index < -0.39 is 0 Å². The number of nitrogens with two attached hydrogens (primary N) is 1. The summed E-state index contributed by atoms with van der Waals surface area (Å²) >= 11 is 0. The molecular weight excluding hydrogens is 162 g/mol. The Morgan fingerprint density at radius 1 is 1.46 bits per heavy atom. The van der Waals surface area contributed by atoms with Gasteiger partial charge in [-0.15, -0.1) is 0 Å². The van der Waals surface area contributed by atoms with Gasteiger partial charge in [0.05, 0.1) is 0 Å². The number of hydrogen-bond donors (Lipinski definition) is 2. The van der Waals surface area contributed by atoms with Gasteiger partial charge in [0.2, 0.25) is 0 Å². The number of rotatable bonds is 5. The van der Waals surface area contributed by atoms with Gasteiger partial charge in [-0.05, 0) is 31.9 Å². The first-order valence-electron chi connectivity index (χ1n) is 4.68. The van der Waals surface area contributed by atoms with Gasteiger partial charge in [0, 0.05) is 30.7 Å². The predicted molar refractivity (Wildman–Crippen MR) is 55.6 cm³/mol. The Labute approximate surface area is 79.4 Å². The van der Waals surface area contributed by atoms with Crippen LogP contribution in [0.25, 0.3) is 0 Å².